The van der Waals surface area contributed by atoms with Gasteiger partial charge in [0.05, 0.1) is 12.5 Å². The molecule has 2 saturated heterocycles. The third kappa shape index (κ3) is 4.70. The summed E-state index contributed by atoms with van der Waals surface area (Å²) in [5.41, 5.74) is 3.06. The van der Waals surface area contributed by atoms with Gasteiger partial charge in [-0.3, -0.25) is 19.4 Å². The first-order chi connectivity index (χ1) is 14.5. The predicted octanol–water partition coefficient (Wildman–Crippen LogP) is 1.53. The van der Waals surface area contributed by atoms with E-state index in [0.717, 1.165) is 39.0 Å². The summed E-state index contributed by atoms with van der Waals surface area (Å²) in [6.07, 6.45) is 6.79. The van der Waals surface area contributed by atoms with Gasteiger partial charge in [-0.2, -0.15) is 0 Å². The lowest BCUT2D eigenvalue weighted by atomic mass is 9.92. The van der Waals surface area contributed by atoms with Crippen LogP contribution < -0.4 is 5.32 Å². The highest BCUT2D eigenvalue weighted by atomic mass is 16.2. The molecule has 0 spiro atoms. The van der Waals surface area contributed by atoms with E-state index in [1.165, 1.54) is 36.8 Å². The van der Waals surface area contributed by atoms with Gasteiger partial charge in [0.1, 0.15) is 0 Å². The largest absolute Gasteiger partial charge is 0.358 e. The number of amides is 2. The molecule has 6 nitrogen and oxygen atoms in total. The Morgan fingerprint density at radius 2 is 1.67 bits per heavy atom. The molecular formula is C24H36N4O2. The summed E-state index contributed by atoms with van der Waals surface area (Å²) in [6, 6.07) is 10.1. The molecule has 1 aromatic carbocycles. The van der Waals surface area contributed by atoms with Crippen molar-refractivity contribution >= 4 is 11.8 Å². The van der Waals surface area contributed by atoms with Crippen LogP contribution in [0.2, 0.25) is 0 Å². The number of hydrogen-bond acceptors (Lipinski definition) is 4. The summed E-state index contributed by atoms with van der Waals surface area (Å²) in [5, 5.41) is 2.60. The monoisotopic (exact) mass is 412 g/mol. The molecule has 2 fully saturated rings. The van der Waals surface area contributed by atoms with Gasteiger partial charge in [-0.1, -0.05) is 24.3 Å². The van der Waals surface area contributed by atoms with Gasteiger partial charge in [-0.25, -0.2) is 0 Å². The van der Waals surface area contributed by atoms with Gasteiger partial charge in [0.15, 0.2) is 0 Å². The van der Waals surface area contributed by atoms with E-state index in [1.807, 2.05) is 0 Å². The molecule has 6 heteroatoms. The Hall–Kier alpha value is -1.92. The minimum atomic E-state index is -0.111. The molecular weight excluding hydrogens is 376 g/mol. The van der Waals surface area contributed by atoms with Crippen LogP contribution in [-0.2, 0) is 22.4 Å². The van der Waals surface area contributed by atoms with Crippen LogP contribution in [-0.4, -0.2) is 85.4 Å². The fraction of sp³-hybridized carbons (Fsp3) is 0.667. The Bertz CT molecular complexity index is 734. The zero-order valence-electron chi connectivity index (χ0n) is 18.5. The average molecular weight is 413 g/mol. The van der Waals surface area contributed by atoms with Crippen molar-refractivity contribution in [2.45, 2.75) is 50.6 Å². The number of benzene rings is 1. The van der Waals surface area contributed by atoms with Crippen molar-refractivity contribution in [3.63, 3.8) is 0 Å². The van der Waals surface area contributed by atoms with Gasteiger partial charge in [0.25, 0.3) is 0 Å². The number of hydrogen-bond donors (Lipinski definition) is 1. The van der Waals surface area contributed by atoms with Crippen molar-refractivity contribution in [3.05, 3.63) is 35.4 Å². The molecule has 4 rings (SSSR count). The molecule has 1 aliphatic carbocycles. The molecule has 2 heterocycles. The normalized spacial score (nSPS) is 23.9. The number of likely N-dealkylation sites (N-methyl/N-ethyl adjacent to an activating group) is 2. The Morgan fingerprint density at radius 1 is 1.00 bits per heavy atom. The molecule has 0 aromatic heterocycles. The van der Waals surface area contributed by atoms with Gasteiger partial charge in [-0.05, 0) is 69.3 Å². The molecule has 3 aliphatic rings. The van der Waals surface area contributed by atoms with E-state index in [4.69, 9.17) is 0 Å². The molecule has 0 radical (unpaired) electrons. The van der Waals surface area contributed by atoms with Crippen LogP contribution >= 0.6 is 0 Å². The summed E-state index contributed by atoms with van der Waals surface area (Å²) in [5.74, 6) is 0.0279. The summed E-state index contributed by atoms with van der Waals surface area (Å²) < 4.78 is 0. The van der Waals surface area contributed by atoms with Crippen LogP contribution in [0.5, 0.6) is 0 Å². The van der Waals surface area contributed by atoms with Gasteiger partial charge in [0, 0.05) is 32.7 Å². The lowest BCUT2D eigenvalue weighted by Crippen LogP contribution is -2.52. The Morgan fingerprint density at radius 3 is 2.30 bits per heavy atom. The molecule has 1 atom stereocenters. The third-order valence-electron chi connectivity index (χ3n) is 7.40. The van der Waals surface area contributed by atoms with Crippen molar-refractivity contribution in [2.24, 2.45) is 5.92 Å². The Labute approximate surface area is 180 Å². The average Bonchev–Trinajstić information content (AvgIpc) is 3.23. The van der Waals surface area contributed by atoms with E-state index >= 15 is 0 Å². The summed E-state index contributed by atoms with van der Waals surface area (Å²) in [4.78, 5) is 31.3. The zero-order valence-corrected chi connectivity index (χ0v) is 18.5. The highest BCUT2D eigenvalue weighted by molar-refractivity contribution is 5.85. The van der Waals surface area contributed by atoms with Gasteiger partial charge >= 0.3 is 0 Å². The second-order valence-electron chi connectivity index (χ2n) is 9.30. The van der Waals surface area contributed by atoms with E-state index in [1.54, 1.807) is 19.0 Å². The van der Waals surface area contributed by atoms with Crippen molar-refractivity contribution in [1.29, 1.82) is 0 Å². The smallest absolute Gasteiger partial charge is 0.239 e. The molecule has 1 N–H and O–H groups in total. The topological polar surface area (TPSA) is 55.9 Å². The van der Waals surface area contributed by atoms with Crippen molar-refractivity contribution in [3.8, 4) is 0 Å². The fourth-order valence-electron chi connectivity index (χ4n) is 5.63. The lowest BCUT2D eigenvalue weighted by molar-refractivity contribution is -0.139. The van der Waals surface area contributed by atoms with Crippen LogP contribution in [0.1, 0.15) is 36.8 Å². The lowest BCUT2D eigenvalue weighted by Gasteiger charge is -2.43. The quantitative estimate of drug-likeness (QED) is 0.797. The number of likely N-dealkylation sites (tertiary alicyclic amines) is 2. The number of carbonyl (C=O) groups excluding carboxylic acids is 2. The van der Waals surface area contributed by atoms with Crippen LogP contribution in [0.3, 0.4) is 0 Å². The third-order valence-corrected chi connectivity index (χ3v) is 7.40. The molecule has 30 heavy (non-hydrogen) atoms. The molecule has 1 aromatic rings. The van der Waals surface area contributed by atoms with Gasteiger partial charge in [-0.15, -0.1) is 0 Å². The molecule has 164 valence electrons. The number of rotatable bonds is 5. The molecule has 0 saturated carbocycles. The maximum Gasteiger partial charge on any atom is 0.239 e. The first kappa shape index (κ1) is 21.3. The highest BCUT2D eigenvalue weighted by Crippen LogP contribution is 2.30. The van der Waals surface area contributed by atoms with Crippen LogP contribution in [0, 0.1) is 5.92 Å². The fourth-order valence-corrected chi connectivity index (χ4v) is 5.63. The number of nitrogens with zero attached hydrogens (tertiary/aromatic N) is 3. The molecule has 0 bridgehead atoms. The highest BCUT2D eigenvalue weighted by Gasteiger charge is 2.35. The first-order valence-corrected chi connectivity index (χ1v) is 11.6. The van der Waals surface area contributed by atoms with Crippen molar-refractivity contribution in [2.75, 3.05) is 46.8 Å². The SMILES string of the molecule is CNC(=O)CN(C)C(=O)[C@@H]1CCCN(C2CCN(C3Cc4ccccc4C3)CC2)C1. The second-order valence-corrected chi connectivity index (χ2v) is 9.30. The summed E-state index contributed by atoms with van der Waals surface area (Å²) in [7, 11) is 3.36. The van der Waals surface area contributed by atoms with Crippen LogP contribution in [0.4, 0.5) is 0 Å². The number of nitrogens with one attached hydrogen (secondary N) is 1. The Kier molecular flexibility index (Phi) is 6.74. The maximum absolute atomic E-state index is 12.8. The zero-order chi connectivity index (χ0) is 21.1. The van der Waals surface area contributed by atoms with E-state index in [9.17, 15) is 9.59 Å². The standard InChI is InChI=1S/C24H36N4O2/c1-25-23(29)17-26(2)24(30)20-8-5-11-28(16-20)21-9-12-27(13-10-21)22-14-18-6-3-4-7-19(18)15-22/h3-4,6-7,20-22H,5,8-17H2,1-2H3,(H,25,29)/t20-/m1/s1. The van der Waals surface area contributed by atoms with E-state index in [-0.39, 0.29) is 24.3 Å². The first-order valence-electron chi connectivity index (χ1n) is 11.6. The minimum Gasteiger partial charge on any atom is -0.358 e. The second kappa shape index (κ2) is 9.48. The van der Waals surface area contributed by atoms with Gasteiger partial charge < -0.3 is 10.2 Å². The maximum atomic E-state index is 12.8. The number of carbonyl (C=O) groups is 2. The molecule has 2 amide bonds. The van der Waals surface area contributed by atoms with Crippen molar-refractivity contribution in [1.82, 2.24) is 20.0 Å². The van der Waals surface area contributed by atoms with Crippen LogP contribution in [0.25, 0.3) is 0 Å². The van der Waals surface area contributed by atoms with E-state index in [0.29, 0.717) is 12.1 Å². The number of piperidine rings is 2. The minimum absolute atomic E-state index is 0.0239. The van der Waals surface area contributed by atoms with Gasteiger partial charge in [0.2, 0.25) is 11.8 Å². The van der Waals surface area contributed by atoms with Crippen LogP contribution in [0.15, 0.2) is 24.3 Å². The summed E-state index contributed by atoms with van der Waals surface area (Å²) >= 11 is 0. The van der Waals surface area contributed by atoms with E-state index < -0.39 is 0 Å². The van der Waals surface area contributed by atoms with E-state index in [2.05, 4.69) is 39.4 Å². The Balaban J connectivity index is 1.26. The van der Waals surface area contributed by atoms with Crippen molar-refractivity contribution < 1.29 is 9.59 Å². The summed E-state index contributed by atoms with van der Waals surface area (Å²) in [6.45, 7) is 4.41. The molecule has 2 aliphatic heterocycles. The predicted molar refractivity (Wildman–Crippen MR) is 118 cm³/mol. The number of fused-ring (bicyclic) bond motifs is 1. The molecule has 0 unspecified atom stereocenters.